The molecule has 13 nitrogen and oxygen atoms in total. The topological polar surface area (TPSA) is 146 Å². The third kappa shape index (κ3) is 9.98. The number of carbonyl (C=O) groups excluding carboxylic acids is 2. The molecular formula is C33H42N5O8P. The lowest BCUT2D eigenvalue weighted by atomic mass is 10.1. The molecule has 2 heterocycles. The average Bonchev–Trinajstić information content (AvgIpc) is 3.41. The van der Waals surface area contributed by atoms with Crippen LogP contribution in [0, 0.1) is 6.57 Å². The zero-order valence-corrected chi connectivity index (χ0v) is 27.9. The maximum atomic E-state index is 13.4. The Morgan fingerprint density at radius 3 is 2.30 bits per heavy atom. The summed E-state index contributed by atoms with van der Waals surface area (Å²) in [6.07, 6.45) is -2.95. The van der Waals surface area contributed by atoms with Crippen LogP contribution < -0.4 is 11.0 Å². The van der Waals surface area contributed by atoms with E-state index >= 15 is 0 Å². The van der Waals surface area contributed by atoms with Crippen molar-refractivity contribution in [2.24, 2.45) is 0 Å². The lowest BCUT2D eigenvalue weighted by Crippen LogP contribution is -2.41. The molecule has 4 rings (SSSR count). The number of hydrogen-bond acceptors (Lipinski definition) is 10. The number of nitrogens with one attached hydrogen (secondary N) is 1. The number of nitrogens with zero attached hydrogens (tertiary/aromatic N) is 4. The number of anilines is 1. The molecule has 3 unspecified atom stereocenters. The van der Waals surface area contributed by atoms with Crippen molar-refractivity contribution in [3.8, 4) is 0 Å². The summed E-state index contributed by atoms with van der Waals surface area (Å²) in [4.78, 5) is 46.8. The van der Waals surface area contributed by atoms with E-state index in [2.05, 4.69) is 20.3 Å². The van der Waals surface area contributed by atoms with Gasteiger partial charge in [-0.3, -0.25) is 9.36 Å². The van der Waals surface area contributed by atoms with Gasteiger partial charge in [-0.05, 0) is 64.9 Å². The summed E-state index contributed by atoms with van der Waals surface area (Å²) in [6.45, 7) is 15.1. The fraction of sp³-hybridized carbons (Fsp3) is 0.424. The molecule has 1 aliphatic heterocycles. The molecule has 2 aromatic carbocycles. The number of benzene rings is 2. The smallest absolute Gasteiger partial charge is 0.351 e. The van der Waals surface area contributed by atoms with Gasteiger partial charge >= 0.3 is 11.7 Å². The molecule has 252 valence electrons. The van der Waals surface area contributed by atoms with Crippen molar-refractivity contribution in [1.82, 2.24) is 14.2 Å². The zero-order valence-electron chi connectivity index (χ0n) is 29.0. The van der Waals surface area contributed by atoms with Crippen molar-refractivity contribution >= 4 is 26.2 Å². The van der Waals surface area contributed by atoms with Crippen molar-refractivity contribution in [3.63, 3.8) is 0 Å². The monoisotopic (exact) mass is 670 g/mol. The van der Waals surface area contributed by atoms with E-state index in [1.165, 1.54) is 19.4 Å². The standard InChI is InChI=1S/C32H38N5O7P.CH4O/c1-21(2)37(22(3)4)45(41-20-18-33-6)44-27-23(5)42-30(28(27)43-31(39)25-15-11-8-12-16-25)36-19-17-26(35-32(36)40)34-29(38)24-13-9-7-10-14-24;1-2/h7-17,19,21-23,27-28,30H,18,20H2,1-5H3,(H,34,35,38,40);2H,1H3/t23-,27?,28?,30-,45?;/m1./s1/i5D;2T. The summed E-state index contributed by atoms with van der Waals surface area (Å²) in [5.74, 6) is -1.09. The normalized spacial score (nSPS) is 20.1. The molecule has 1 saturated heterocycles. The van der Waals surface area contributed by atoms with Crippen molar-refractivity contribution < 1.29 is 34.6 Å². The van der Waals surface area contributed by atoms with Crippen LogP contribution in [0.3, 0.4) is 0 Å². The number of aromatic nitrogens is 2. The Bertz CT molecular complexity index is 1570. The van der Waals surface area contributed by atoms with Gasteiger partial charge in [0.15, 0.2) is 12.3 Å². The van der Waals surface area contributed by atoms with E-state index in [0.717, 1.165) is 4.57 Å². The fourth-order valence-corrected chi connectivity index (χ4v) is 6.56. The second-order valence-electron chi connectivity index (χ2n) is 10.7. The van der Waals surface area contributed by atoms with Crippen LogP contribution in [0.15, 0.2) is 77.7 Å². The van der Waals surface area contributed by atoms with Gasteiger partial charge in [-0.15, -0.1) is 0 Å². The molecule has 1 amide bonds. The second kappa shape index (κ2) is 18.4. The first-order valence-corrected chi connectivity index (χ1v) is 16.1. The van der Waals surface area contributed by atoms with Crippen LogP contribution in [0.1, 0.15) is 62.9 Å². The van der Waals surface area contributed by atoms with E-state index in [9.17, 15) is 14.4 Å². The molecule has 0 spiro atoms. The highest BCUT2D eigenvalue weighted by atomic mass is 31.2. The number of hydrogen-bond donors (Lipinski definition) is 2. The SMILES string of the molecule is [2H]C[C@H]1O[C@@H](n2ccc(NC(=O)c3ccccc3)nc2=O)C(OC(=O)c2ccccc2)C1OP(OCC[N+]#[C-])N(C(C)C)C(C)C.[3H]OC. The van der Waals surface area contributed by atoms with E-state index < -0.39 is 50.6 Å². The molecule has 1 aliphatic rings. The summed E-state index contributed by atoms with van der Waals surface area (Å²) >= 11 is 0. The second-order valence-corrected chi connectivity index (χ2v) is 12.1. The van der Waals surface area contributed by atoms with Gasteiger partial charge < -0.3 is 33.8 Å². The van der Waals surface area contributed by atoms with E-state index in [1.807, 2.05) is 32.4 Å². The number of aliphatic hydroxyl groups is 1. The Balaban J connectivity index is 0.00000209. The van der Waals surface area contributed by atoms with Crippen LogP contribution in [0.25, 0.3) is 4.85 Å². The molecule has 3 aromatic rings. The molecule has 1 aromatic heterocycles. The number of esters is 1. The molecule has 5 atom stereocenters. The van der Waals surface area contributed by atoms with E-state index in [-0.39, 0.29) is 43.5 Å². The Hall–Kier alpha value is -4.02. The summed E-state index contributed by atoms with van der Waals surface area (Å²) < 4.78 is 42.0. The molecule has 2 N–H and O–H groups in total. The minimum Gasteiger partial charge on any atom is -0.451 e. The van der Waals surface area contributed by atoms with Gasteiger partial charge in [-0.2, -0.15) is 4.98 Å². The number of aliphatic hydroxyl groups excluding tert-OH is 1. The molecule has 14 heteroatoms. The molecule has 0 bridgehead atoms. The van der Waals surface area contributed by atoms with Crippen LogP contribution in [-0.2, 0) is 18.5 Å². The van der Waals surface area contributed by atoms with E-state index in [1.54, 1.807) is 60.7 Å². The van der Waals surface area contributed by atoms with Crippen LogP contribution in [0.4, 0.5) is 5.82 Å². The van der Waals surface area contributed by atoms with Crippen LogP contribution >= 0.6 is 8.53 Å². The quantitative estimate of drug-likeness (QED) is 0.111. The van der Waals surface area contributed by atoms with Crippen molar-refractivity contribution in [2.75, 3.05) is 25.6 Å². The van der Waals surface area contributed by atoms with Gasteiger partial charge in [0.1, 0.15) is 18.5 Å². The van der Waals surface area contributed by atoms with Crippen molar-refractivity contribution in [2.45, 2.75) is 71.2 Å². The maximum Gasteiger partial charge on any atom is 0.351 e. The Morgan fingerprint density at radius 2 is 1.74 bits per heavy atom. The van der Waals surface area contributed by atoms with Gasteiger partial charge in [0.2, 0.25) is 7.98 Å². The summed E-state index contributed by atoms with van der Waals surface area (Å²) in [7, 11) is -0.520. The largest absolute Gasteiger partial charge is 0.451 e. The Labute approximate surface area is 279 Å². The minimum absolute atomic E-state index is 0.0117. The molecule has 1 fully saturated rings. The molecule has 0 aliphatic carbocycles. The lowest BCUT2D eigenvalue weighted by molar-refractivity contribution is -0.0488. The summed E-state index contributed by atoms with van der Waals surface area (Å²) in [5.41, 5.74) is -0.103. The Morgan fingerprint density at radius 1 is 1.13 bits per heavy atom. The molecule has 0 radical (unpaired) electrons. The first kappa shape index (κ1) is 34.3. The average molecular weight is 671 g/mol. The predicted octanol–water partition coefficient (Wildman–Crippen LogP) is 4.91. The minimum atomic E-state index is -1.81. The zero-order chi connectivity index (χ0) is 35.9. The van der Waals surface area contributed by atoms with Gasteiger partial charge in [0.25, 0.3) is 14.4 Å². The van der Waals surface area contributed by atoms with Gasteiger partial charge in [0.05, 0.1) is 11.7 Å². The maximum absolute atomic E-state index is 13.4. The number of amides is 1. The van der Waals surface area contributed by atoms with Crippen LogP contribution in [0.5, 0.6) is 0 Å². The van der Waals surface area contributed by atoms with Crippen LogP contribution in [-0.4, -0.2) is 83.3 Å². The van der Waals surface area contributed by atoms with Gasteiger partial charge in [-0.1, -0.05) is 36.4 Å². The number of ether oxygens (including phenoxy) is 2. The summed E-state index contributed by atoms with van der Waals surface area (Å²) in [6, 6.07) is 18.3. The highest BCUT2D eigenvalue weighted by molar-refractivity contribution is 7.44. The molecular weight excluding hydrogens is 625 g/mol. The van der Waals surface area contributed by atoms with E-state index in [0.29, 0.717) is 5.56 Å². The first-order chi connectivity index (χ1) is 23.6. The Kier molecular flexibility index (Phi) is 13.4. The molecule has 47 heavy (non-hydrogen) atoms. The highest BCUT2D eigenvalue weighted by Crippen LogP contribution is 2.50. The fourth-order valence-electron chi connectivity index (χ4n) is 4.80. The van der Waals surface area contributed by atoms with Gasteiger partial charge in [-0.25, -0.2) is 20.8 Å². The third-order valence-electron chi connectivity index (χ3n) is 6.78. The first-order valence-electron chi connectivity index (χ1n) is 16.0. The third-order valence-corrected chi connectivity index (χ3v) is 8.91. The summed E-state index contributed by atoms with van der Waals surface area (Å²) in [5, 5.41) is 6.11. The number of rotatable bonds is 13. The lowest BCUT2D eigenvalue weighted by Gasteiger charge is -2.37. The number of carbonyl (C=O) groups is 2. The van der Waals surface area contributed by atoms with Crippen molar-refractivity contribution in [1.29, 1.82) is 1.43 Å². The highest BCUT2D eigenvalue weighted by Gasteiger charge is 2.50. The van der Waals surface area contributed by atoms with Gasteiger partial charge in [0, 0.05) is 32.3 Å². The van der Waals surface area contributed by atoms with Crippen molar-refractivity contribution in [3.05, 3.63) is 106 Å². The van der Waals surface area contributed by atoms with E-state index in [4.69, 9.17) is 27.9 Å². The van der Waals surface area contributed by atoms with Crippen LogP contribution in [0.2, 0.25) is 0 Å². The predicted molar refractivity (Wildman–Crippen MR) is 178 cm³/mol. The molecule has 0 saturated carbocycles.